The van der Waals surface area contributed by atoms with Crippen LogP contribution in [0.4, 0.5) is 5.69 Å². The summed E-state index contributed by atoms with van der Waals surface area (Å²) < 4.78 is 0. The van der Waals surface area contributed by atoms with Gasteiger partial charge < -0.3 is 15.3 Å². The van der Waals surface area contributed by atoms with Crippen LogP contribution < -0.4 is 5.32 Å². The third kappa shape index (κ3) is 4.35. The van der Waals surface area contributed by atoms with Crippen LogP contribution >= 0.6 is 0 Å². The molecule has 0 saturated heterocycles. The van der Waals surface area contributed by atoms with Crippen molar-refractivity contribution in [3.63, 3.8) is 0 Å². The normalized spacial score (nSPS) is 10.2. The lowest BCUT2D eigenvalue weighted by atomic mass is 10.1. The van der Waals surface area contributed by atoms with Gasteiger partial charge in [-0.2, -0.15) is 0 Å². The molecule has 0 aliphatic heterocycles. The van der Waals surface area contributed by atoms with Gasteiger partial charge in [0.15, 0.2) is 0 Å². The summed E-state index contributed by atoms with van der Waals surface area (Å²) in [6, 6.07) is 14.1. The number of rotatable bonds is 7. The molecule has 0 atom stereocenters. The van der Waals surface area contributed by atoms with Crippen molar-refractivity contribution in [2.24, 2.45) is 0 Å². The molecule has 2 N–H and O–H groups in total. The van der Waals surface area contributed by atoms with Crippen LogP contribution in [-0.2, 0) is 6.54 Å². The lowest BCUT2D eigenvalue weighted by molar-refractivity contribution is 0.0696. The van der Waals surface area contributed by atoms with Gasteiger partial charge in [0.25, 0.3) is 5.91 Å². The van der Waals surface area contributed by atoms with Crippen molar-refractivity contribution in [2.45, 2.75) is 20.4 Å². The fourth-order valence-corrected chi connectivity index (χ4v) is 2.39. The number of carboxylic acid groups (broad SMARTS) is 1. The van der Waals surface area contributed by atoms with Crippen LogP contribution in [0.25, 0.3) is 0 Å². The number of nitrogens with one attached hydrogen (secondary N) is 1. The van der Waals surface area contributed by atoms with Crippen LogP contribution in [0.5, 0.6) is 0 Å². The minimum Gasteiger partial charge on any atom is -0.478 e. The van der Waals surface area contributed by atoms with E-state index in [1.54, 1.807) is 29.2 Å². The molecule has 2 aromatic carbocycles. The zero-order chi connectivity index (χ0) is 17.5. The topological polar surface area (TPSA) is 69.6 Å². The van der Waals surface area contributed by atoms with Gasteiger partial charge in [0, 0.05) is 30.9 Å². The summed E-state index contributed by atoms with van der Waals surface area (Å²) in [6.45, 7) is 5.91. The first kappa shape index (κ1) is 17.5. The zero-order valence-electron chi connectivity index (χ0n) is 14.0. The highest BCUT2D eigenvalue weighted by atomic mass is 16.4. The first-order chi connectivity index (χ1) is 11.5. The van der Waals surface area contributed by atoms with Crippen LogP contribution in [0, 0.1) is 0 Å². The molecular formula is C19H22N2O3. The van der Waals surface area contributed by atoms with Gasteiger partial charge in [0.05, 0.1) is 5.56 Å². The second kappa shape index (κ2) is 8.15. The largest absolute Gasteiger partial charge is 0.478 e. The summed E-state index contributed by atoms with van der Waals surface area (Å²) in [7, 11) is 0. The number of anilines is 1. The maximum absolute atomic E-state index is 12.2. The van der Waals surface area contributed by atoms with Gasteiger partial charge >= 0.3 is 5.97 Å². The van der Waals surface area contributed by atoms with Crippen molar-refractivity contribution in [1.29, 1.82) is 0 Å². The predicted molar refractivity (Wildman–Crippen MR) is 94.4 cm³/mol. The van der Waals surface area contributed by atoms with E-state index in [4.69, 9.17) is 5.11 Å². The van der Waals surface area contributed by atoms with E-state index >= 15 is 0 Å². The highest BCUT2D eigenvalue weighted by Crippen LogP contribution is 2.13. The van der Waals surface area contributed by atoms with Crippen molar-refractivity contribution in [3.8, 4) is 0 Å². The van der Waals surface area contributed by atoms with Gasteiger partial charge in [0.1, 0.15) is 0 Å². The molecule has 5 nitrogen and oxygen atoms in total. The summed E-state index contributed by atoms with van der Waals surface area (Å²) in [5.74, 6) is -0.890. The fraction of sp³-hybridized carbons (Fsp3) is 0.263. The van der Waals surface area contributed by atoms with Crippen molar-refractivity contribution in [2.75, 3.05) is 18.4 Å². The lowest BCUT2D eigenvalue weighted by Gasteiger charge is -2.18. The van der Waals surface area contributed by atoms with Gasteiger partial charge in [-0.15, -0.1) is 0 Å². The van der Waals surface area contributed by atoms with Gasteiger partial charge in [-0.25, -0.2) is 4.79 Å². The van der Waals surface area contributed by atoms with E-state index in [9.17, 15) is 9.59 Å². The second-order valence-electron chi connectivity index (χ2n) is 5.41. The SMILES string of the molecule is CCN(CC)C(=O)c1ccc(NCc2ccc(C(=O)O)cc2)cc1. The number of carbonyl (C=O) groups excluding carboxylic acids is 1. The third-order valence-electron chi connectivity index (χ3n) is 3.88. The third-order valence-corrected chi connectivity index (χ3v) is 3.88. The Morgan fingerprint density at radius 2 is 1.46 bits per heavy atom. The Labute approximate surface area is 141 Å². The molecule has 0 bridgehead atoms. The zero-order valence-corrected chi connectivity index (χ0v) is 14.0. The number of hydrogen-bond donors (Lipinski definition) is 2. The van der Waals surface area contributed by atoms with E-state index in [0.717, 1.165) is 11.3 Å². The van der Waals surface area contributed by atoms with E-state index < -0.39 is 5.97 Å². The van der Waals surface area contributed by atoms with Crippen molar-refractivity contribution < 1.29 is 14.7 Å². The van der Waals surface area contributed by atoms with Gasteiger partial charge in [-0.3, -0.25) is 4.79 Å². The number of carbonyl (C=O) groups is 2. The smallest absolute Gasteiger partial charge is 0.335 e. The summed E-state index contributed by atoms with van der Waals surface area (Å²) >= 11 is 0. The molecule has 0 spiro atoms. The summed E-state index contributed by atoms with van der Waals surface area (Å²) in [4.78, 5) is 24.8. The van der Waals surface area contributed by atoms with Crippen LogP contribution in [-0.4, -0.2) is 35.0 Å². The molecule has 1 amide bonds. The maximum atomic E-state index is 12.2. The average Bonchev–Trinajstić information content (AvgIpc) is 2.61. The van der Waals surface area contributed by atoms with E-state index in [1.807, 2.05) is 38.1 Å². The molecular weight excluding hydrogens is 304 g/mol. The first-order valence-corrected chi connectivity index (χ1v) is 8.00. The number of amides is 1. The van der Waals surface area contributed by atoms with Crippen LogP contribution in [0.15, 0.2) is 48.5 Å². The molecule has 126 valence electrons. The van der Waals surface area contributed by atoms with Crippen LogP contribution in [0.3, 0.4) is 0 Å². The monoisotopic (exact) mass is 326 g/mol. The number of hydrogen-bond acceptors (Lipinski definition) is 3. The number of aromatic carboxylic acids is 1. The van der Waals surface area contributed by atoms with Gasteiger partial charge in [-0.1, -0.05) is 12.1 Å². The van der Waals surface area contributed by atoms with E-state index in [1.165, 1.54) is 0 Å². The Kier molecular flexibility index (Phi) is 5.95. The second-order valence-corrected chi connectivity index (χ2v) is 5.41. The first-order valence-electron chi connectivity index (χ1n) is 8.00. The summed E-state index contributed by atoms with van der Waals surface area (Å²) in [5.41, 5.74) is 2.85. The van der Waals surface area contributed by atoms with Crippen molar-refractivity contribution in [1.82, 2.24) is 4.90 Å². The Hall–Kier alpha value is -2.82. The summed E-state index contributed by atoms with van der Waals surface area (Å²) in [5, 5.41) is 12.1. The number of nitrogens with zero attached hydrogens (tertiary/aromatic N) is 1. The summed E-state index contributed by atoms with van der Waals surface area (Å²) in [6.07, 6.45) is 0. The molecule has 5 heteroatoms. The predicted octanol–water partition coefficient (Wildman–Crippen LogP) is 3.48. The van der Waals surface area contributed by atoms with Gasteiger partial charge in [0.2, 0.25) is 0 Å². The molecule has 24 heavy (non-hydrogen) atoms. The molecule has 0 aromatic heterocycles. The maximum Gasteiger partial charge on any atom is 0.335 e. The fourth-order valence-electron chi connectivity index (χ4n) is 2.39. The lowest BCUT2D eigenvalue weighted by Crippen LogP contribution is -2.30. The molecule has 0 heterocycles. The molecule has 2 aromatic rings. The van der Waals surface area contributed by atoms with E-state index in [-0.39, 0.29) is 11.5 Å². The molecule has 0 unspecified atom stereocenters. The van der Waals surface area contributed by atoms with Crippen LogP contribution in [0.1, 0.15) is 40.1 Å². The van der Waals surface area contributed by atoms with Crippen molar-refractivity contribution in [3.05, 3.63) is 65.2 Å². The van der Waals surface area contributed by atoms with E-state index in [0.29, 0.717) is 25.2 Å². The standard InChI is InChI=1S/C19H22N2O3/c1-3-21(4-2)18(22)15-9-11-17(12-10-15)20-13-14-5-7-16(8-6-14)19(23)24/h5-12,20H,3-4,13H2,1-2H3,(H,23,24). The van der Waals surface area contributed by atoms with Crippen molar-refractivity contribution >= 4 is 17.6 Å². The molecule has 0 radical (unpaired) electrons. The van der Waals surface area contributed by atoms with E-state index in [2.05, 4.69) is 5.32 Å². The highest BCUT2D eigenvalue weighted by molar-refractivity contribution is 5.94. The van der Waals surface area contributed by atoms with Gasteiger partial charge in [-0.05, 0) is 55.8 Å². The Bertz CT molecular complexity index is 690. The average molecular weight is 326 g/mol. The molecule has 0 aliphatic rings. The van der Waals surface area contributed by atoms with Crippen LogP contribution in [0.2, 0.25) is 0 Å². The molecule has 2 rings (SSSR count). The molecule has 0 aliphatic carbocycles. The Morgan fingerprint density at radius 3 is 1.96 bits per heavy atom. The molecule has 0 saturated carbocycles. The number of benzene rings is 2. The molecule has 0 fully saturated rings. The number of carboxylic acids is 1. The minimum atomic E-state index is -0.928. The quantitative estimate of drug-likeness (QED) is 0.817. The Balaban J connectivity index is 1.96. The highest BCUT2D eigenvalue weighted by Gasteiger charge is 2.11. The Morgan fingerprint density at radius 1 is 0.917 bits per heavy atom. The minimum absolute atomic E-state index is 0.0378.